The minimum Gasteiger partial charge on any atom is -0.304 e. The lowest BCUT2D eigenvalue weighted by molar-refractivity contribution is 0.763. The summed E-state index contributed by atoms with van der Waals surface area (Å²) >= 11 is 0. The molecular formula is C11H8N4O. The number of H-pyrrole nitrogens is 1. The average molecular weight is 212 g/mol. The van der Waals surface area contributed by atoms with E-state index in [9.17, 15) is 4.79 Å². The zero-order valence-electron chi connectivity index (χ0n) is 8.29. The number of hydrogen-bond acceptors (Lipinski definition) is 3. The molecule has 3 rings (SSSR count). The van der Waals surface area contributed by atoms with E-state index in [2.05, 4.69) is 15.2 Å². The number of aromatic nitrogens is 4. The maximum Gasteiger partial charge on any atom is 0.249 e. The van der Waals surface area contributed by atoms with Gasteiger partial charge in [-0.25, -0.2) is 0 Å². The van der Waals surface area contributed by atoms with E-state index in [1.165, 1.54) is 10.9 Å². The largest absolute Gasteiger partial charge is 0.304 e. The molecule has 0 bridgehead atoms. The van der Waals surface area contributed by atoms with Crippen molar-refractivity contribution in [2.24, 2.45) is 0 Å². The van der Waals surface area contributed by atoms with Crippen LogP contribution in [0.2, 0.25) is 0 Å². The Hall–Kier alpha value is -2.43. The molecule has 0 aliphatic rings. The van der Waals surface area contributed by atoms with Crippen LogP contribution < -0.4 is 5.56 Å². The average Bonchev–Trinajstić information content (AvgIpc) is 2.73. The quantitative estimate of drug-likeness (QED) is 0.657. The van der Waals surface area contributed by atoms with Crippen LogP contribution in [-0.2, 0) is 0 Å². The monoisotopic (exact) mass is 212 g/mol. The van der Waals surface area contributed by atoms with Crippen molar-refractivity contribution in [1.29, 1.82) is 0 Å². The molecule has 0 saturated heterocycles. The van der Waals surface area contributed by atoms with Gasteiger partial charge in [0.15, 0.2) is 5.65 Å². The number of aromatic amines is 1. The molecule has 0 aliphatic carbocycles. The lowest BCUT2D eigenvalue weighted by Crippen LogP contribution is -2.02. The normalized spacial score (nSPS) is 10.8. The van der Waals surface area contributed by atoms with E-state index >= 15 is 0 Å². The van der Waals surface area contributed by atoms with E-state index in [1.54, 1.807) is 6.07 Å². The molecule has 16 heavy (non-hydrogen) atoms. The zero-order chi connectivity index (χ0) is 11.0. The molecule has 5 nitrogen and oxygen atoms in total. The Balaban J connectivity index is 2.23. The van der Waals surface area contributed by atoms with E-state index in [4.69, 9.17) is 0 Å². The van der Waals surface area contributed by atoms with Crippen LogP contribution in [0.25, 0.3) is 16.9 Å². The van der Waals surface area contributed by atoms with Gasteiger partial charge in [0.2, 0.25) is 5.56 Å². The summed E-state index contributed by atoms with van der Waals surface area (Å²) in [6, 6.07) is 12.6. The first-order valence-electron chi connectivity index (χ1n) is 4.85. The first kappa shape index (κ1) is 8.84. The number of hydrogen-bond donors (Lipinski definition) is 1. The Morgan fingerprint density at radius 3 is 2.62 bits per heavy atom. The van der Waals surface area contributed by atoms with Crippen molar-refractivity contribution < 1.29 is 0 Å². The maximum absolute atomic E-state index is 11.1. The van der Waals surface area contributed by atoms with Gasteiger partial charge in [-0.05, 0) is 18.2 Å². The molecule has 0 aliphatic heterocycles. The van der Waals surface area contributed by atoms with Crippen molar-refractivity contribution >= 4 is 11.2 Å². The minimum absolute atomic E-state index is 0.174. The highest BCUT2D eigenvalue weighted by Crippen LogP contribution is 2.07. The molecule has 0 saturated carbocycles. The van der Waals surface area contributed by atoms with Gasteiger partial charge in [0.1, 0.15) is 5.52 Å². The standard InChI is InChI=1S/C11H8N4O/c16-10-7-6-9-11(12-10)14-15(13-9)8-4-2-1-3-5-8/h1-7H,(H,12,14,16). The molecule has 78 valence electrons. The van der Waals surface area contributed by atoms with Crippen LogP contribution in [0, 0.1) is 0 Å². The summed E-state index contributed by atoms with van der Waals surface area (Å²) in [5.41, 5.74) is 1.85. The van der Waals surface area contributed by atoms with Crippen LogP contribution in [0.3, 0.4) is 0 Å². The summed E-state index contributed by atoms with van der Waals surface area (Å²) in [5, 5.41) is 8.45. The van der Waals surface area contributed by atoms with Gasteiger partial charge in [0.05, 0.1) is 5.69 Å². The van der Waals surface area contributed by atoms with E-state index in [-0.39, 0.29) is 5.56 Å². The summed E-state index contributed by atoms with van der Waals surface area (Å²) in [6.45, 7) is 0. The first-order chi connectivity index (χ1) is 7.83. The summed E-state index contributed by atoms with van der Waals surface area (Å²) in [4.78, 5) is 15.2. The minimum atomic E-state index is -0.174. The summed E-state index contributed by atoms with van der Waals surface area (Å²) < 4.78 is 0. The summed E-state index contributed by atoms with van der Waals surface area (Å²) in [6.07, 6.45) is 0. The molecule has 5 heteroatoms. The van der Waals surface area contributed by atoms with Gasteiger partial charge >= 0.3 is 0 Å². The van der Waals surface area contributed by atoms with Gasteiger partial charge in [-0.15, -0.1) is 15.0 Å². The maximum atomic E-state index is 11.1. The van der Waals surface area contributed by atoms with Crippen molar-refractivity contribution in [2.45, 2.75) is 0 Å². The van der Waals surface area contributed by atoms with Gasteiger partial charge in [-0.1, -0.05) is 18.2 Å². The fourth-order valence-electron chi connectivity index (χ4n) is 1.51. The first-order valence-corrected chi connectivity index (χ1v) is 4.85. The smallest absolute Gasteiger partial charge is 0.249 e. The van der Waals surface area contributed by atoms with Crippen molar-refractivity contribution in [3.63, 3.8) is 0 Å². The molecule has 2 heterocycles. The number of para-hydroxylation sites is 1. The second-order valence-corrected chi connectivity index (χ2v) is 3.38. The van der Waals surface area contributed by atoms with Gasteiger partial charge in [0, 0.05) is 6.07 Å². The molecule has 0 amide bonds. The van der Waals surface area contributed by atoms with Crippen LogP contribution >= 0.6 is 0 Å². The second-order valence-electron chi connectivity index (χ2n) is 3.38. The molecule has 3 aromatic rings. The van der Waals surface area contributed by atoms with Gasteiger partial charge < -0.3 is 4.98 Å². The lowest BCUT2D eigenvalue weighted by atomic mass is 10.3. The highest BCUT2D eigenvalue weighted by atomic mass is 16.1. The highest BCUT2D eigenvalue weighted by molar-refractivity contribution is 5.68. The van der Waals surface area contributed by atoms with E-state index in [0.29, 0.717) is 11.2 Å². The van der Waals surface area contributed by atoms with Crippen LogP contribution in [0.1, 0.15) is 0 Å². The van der Waals surface area contributed by atoms with Crippen molar-refractivity contribution in [2.75, 3.05) is 0 Å². The third-order valence-electron chi connectivity index (χ3n) is 2.26. The van der Waals surface area contributed by atoms with E-state index in [0.717, 1.165) is 5.69 Å². The number of nitrogens with one attached hydrogen (secondary N) is 1. The van der Waals surface area contributed by atoms with E-state index in [1.807, 2.05) is 30.3 Å². The number of pyridine rings is 1. The molecule has 0 unspecified atom stereocenters. The molecule has 2 aromatic heterocycles. The lowest BCUT2D eigenvalue weighted by Gasteiger charge is -1.95. The van der Waals surface area contributed by atoms with Crippen LogP contribution in [-0.4, -0.2) is 20.0 Å². The number of nitrogens with zero attached hydrogens (tertiary/aromatic N) is 3. The molecule has 0 radical (unpaired) electrons. The van der Waals surface area contributed by atoms with Crippen molar-refractivity contribution in [3.8, 4) is 5.69 Å². The molecule has 0 atom stereocenters. The zero-order valence-corrected chi connectivity index (χ0v) is 8.29. The van der Waals surface area contributed by atoms with Crippen molar-refractivity contribution in [3.05, 3.63) is 52.8 Å². The van der Waals surface area contributed by atoms with Crippen molar-refractivity contribution in [1.82, 2.24) is 20.0 Å². The molecule has 1 aromatic carbocycles. The molecule has 0 spiro atoms. The fraction of sp³-hybridized carbons (Fsp3) is 0. The molecule has 0 fully saturated rings. The van der Waals surface area contributed by atoms with E-state index < -0.39 is 0 Å². The Labute approximate surface area is 90.3 Å². The molecule has 1 N–H and O–H groups in total. The van der Waals surface area contributed by atoms with Crippen LogP contribution in [0.4, 0.5) is 0 Å². The highest BCUT2D eigenvalue weighted by Gasteiger charge is 2.03. The SMILES string of the molecule is O=c1ccc2nn(-c3ccccc3)nc2[nH]1. The van der Waals surface area contributed by atoms with Gasteiger partial charge in [-0.2, -0.15) is 0 Å². The molecular weight excluding hydrogens is 204 g/mol. The Kier molecular flexibility index (Phi) is 1.83. The summed E-state index contributed by atoms with van der Waals surface area (Å²) in [5.74, 6) is 0. The number of fused-ring (bicyclic) bond motifs is 1. The predicted octanol–water partition coefficient (Wildman–Crippen LogP) is 1.11. The Morgan fingerprint density at radius 1 is 1.00 bits per heavy atom. The third-order valence-corrected chi connectivity index (χ3v) is 2.26. The van der Waals surface area contributed by atoms with Gasteiger partial charge in [0.25, 0.3) is 0 Å². The predicted molar refractivity (Wildman–Crippen MR) is 59.5 cm³/mol. The second kappa shape index (κ2) is 3.30. The fourth-order valence-corrected chi connectivity index (χ4v) is 1.51. The van der Waals surface area contributed by atoms with Crippen LogP contribution in [0.5, 0.6) is 0 Å². The third kappa shape index (κ3) is 1.38. The summed E-state index contributed by atoms with van der Waals surface area (Å²) in [7, 11) is 0. The number of benzene rings is 1. The van der Waals surface area contributed by atoms with Crippen LogP contribution in [0.15, 0.2) is 47.3 Å². The number of rotatable bonds is 1. The Bertz CT molecular complexity index is 684. The Morgan fingerprint density at radius 2 is 1.81 bits per heavy atom. The topological polar surface area (TPSA) is 63.6 Å². The van der Waals surface area contributed by atoms with Gasteiger partial charge in [-0.3, -0.25) is 4.79 Å².